The number of pyridine rings is 1. The highest BCUT2D eigenvalue weighted by molar-refractivity contribution is 6.08. The number of carbonyl (C=O) groups is 1. The normalized spacial score (nSPS) is 13.8. The Balaban J connectivity index is 2.05. The highest BCUT2D eigenvalue weighted by Crippen LogP contribution is 2.40. The Morgan fingerprint density at radius 2 is 1.74 bits per heavy atom. The van der Waals surface area contributed by atoms with Crippen LogP contribution >= 0.6 is 0 Å². The number of carbonyl (C=O) groups excluding carboxylic acids is 1. The van der Waals surface area contributed by atoms with Crippen LogP contribution in [0.3, 0.4) is 0 Å². The molecule has 0 saturated heterocycles. The molecule has 0 fully saturated rings. The van der Waals surface area contributed by atoms with Crippen LogP contribution in [0.15, 0.2) is 30.3 Å². The lowest BCUT2D eigenvalue weighted by molar-refractivity contribution is 0.0979. The fraction of sp³-hybridized carbons (Fsp3) is 0.462. The number of aromatic nitrogens is 1. The van der Waals surface area contributed by atoms with E-state index in [2.05, 4.69) is 23.7 Å². The minimum atomic E-state index is -0.428. The maximum absolute atomic E-state index is 13.9. The molecule has 1 aliphatic heterocycles. The van der Waals surface area contributed by atoms with E-state index in [-0.39, 0.29) is 5.91 Å². The summed E-state index contributed by atoms with van der Waals surface area (Å²) in [6, 6.07) is 7.08. The molecule has 184 valence electrons. The Kier molecular flexibility index (Phi) is 8.04. The lowest BCUT2D eigenvalue weighted by Crippen LogP contribution is -2.39. The van der Waals surface area contributed by atoms with Gasteiger partial charge in [0, 0.05) is 13.1 Å². The third kappa shape index (κ3) is 5.28. The zero-order chi connectivity index (χ0) is 24.9. The average Bonchev–Trinajstić information content (AvgIpc) is 2.84. The molecule has 0 unspecified atom stereocenters. The molecule has 0 radical (unpaired) electrons. The number of nitrogens with zero attached hydrogens (tertiary/aromatic N) is 3. The molecule has 0 atom stereocenters. The number of hydrogen-bond acceptors (Lipinski definition) is 7. The van der Waals surface area contributed by atoms with Crippen LogP contribution in [0.1, 0.15) is 43.6 Å². The molecule has 2 heterocycles. The van der Waals surface area contributed by atoms with Crippen LogP contribution in [-0.2, 0) is 0 Å². The van der Waals surface area contributed by atoms with Crippen LogP contribution < -0.4 is 23.8 Å². The summed E-state index contributed by atoms with van der Waals surface area (Å²) in [7, 11) is 4.64. The van der Waals surface area contributed by atoms with Gasteiger partial charge in [0.15, 0.2) is 5.75 Å². The first-order chi connectivity index (χ1) is 16.3. The van der Waals surface area contributed by atoms with Gasteiger partial charge in [0.05, 0.1) is 32.5 Å². The standard InChI is InChI=1S/C26H35N3O5/c1-8-28(9-2)16-17-29(22-13-12-21(31-5)24(27-22)33-7)25(30)19-10-11-20-18(23(19)32-6)14-15-26(3,4)34-20/h10-15H,8-9,16-17H2,1-7H3. The van der Waals surface area contributed by atoms with Crippen LogP contribution in [0.4, 0.5) is 5.82 Å². The Labute approximate surface area is 202 Å². The van der Waals surface area contributed by atoms with Crippen LogP contribution in [-0.4, -0.2) is 68.9 Å². The van der Waals surface area contributed by atoms with Crippen LogP contribution in [0.5, 0.6) is 23.1 Å². The van der Waals surface area contributed by atoms with Gasteiger partial charge in [-0.05, 0) is 63.4 Å². The Hall–Kier alpha value is -3.26. The van der Waals surface area contributed by atoms with Crippen molar-refractivity contribution in [2.75, 3.05) is 52.4 Å². The number of ether oxygens (including phenoxy) is 4. The molecule has 0 aliphatic carbocycles. The van der Waals surface area contributed by atoms with Gasteiger partial charge >= 0.3 is 0 Å². The Morgan fingerprint density at radius 1 is 1.00 bits per heavy atom. The van der Waals surface area contributed by atoms with Crippen molar-refractivity contribution in [3.05, 3.63) is 41.5 Å². The number of likely N-dealkylation sites (N-methyl/N-ethyl adjacent to an activating group) is 1. The zero-order valence-corrected chi connectivity index (χ0v) is 21.2. The Morgan fingerprint density at radius 3 is 2.35 bits per heavy atom. The van der Waals surface area contributed by atoms with E-state index in [1.165, 1.54) is 7.11 Å². The van der Waals surface area contributed by atoms with Gasteiger partial charge in [-0.2, -0.15) is 4.98 Å². The Bertz CT molecular complexity index is 1050. The van der Waals surface area contributed by atoms with Gasteiger partial charge in [-0.1, -0.05) is 13.8 Å². The van der Waals surface area contributed by atoms with E-state index < -0.39 is 5.60 Å². The third-order valence-electron chi connectivity index (χ3n) is 5.89. The molecular formula is C26H35N3O5. The largest absolute Gasteiger partial charge is 0.495 e. The first-order valence-electron chi connectivity index (χ1n) is 11.5. The van der Waals surface area contributed by atoms with Crippen molar-refractivity contribution in [1.82, 2.24) is 9.88 Å². The van der Waals surface area contributed by atoms with Crippen molar-refractivity contribution in [2.45, 2.75) is 33.3 Å². The van der Waals surface area contributed by atoms with Crippen LogP contribution in [0.25, 0.3) is 6.08 Å². The summed E-state index contributed by atoms with van der Waals surface area (Å²) >= 11 is 0. The van der Waals surface area contributed by atoms with Gasteiger partial charge in [-0.15, -0.1) is 0 Å². The van der Waals surface area contributed by atoms with Crippen molar-refractivity contribution in [3.8, 4) is 23.1 Å². The zero-order valence-electron chi connectivity index (χ0n) is 21.2. The van der Waals surface area contributed by atoms with E-state index in [1.807, 2.05) is 32.1 Å². The van der Waals surface area contributed by atoms with Gasteiger partial charge in [-0.25, -0.2) is 0 Å². The van der Waals surface area contributed by atoms with Crippen molar-refractivity contribution in [3.63, 3.8) is 0 Å². The summed E-state index contributed by atoms with van der Waals surface area (Å²) < 4.78 is 22.5. The predicted octanol–water partition coefficient (Wildman–Crippen LogP) is 4.28. The number of methoxy groups -OCH3 is 3. The lowest BCUT2D eigenvalue weighted by Gasteiger charge is -2.30. The molecular weight excluding hydrogens is 434 g/mol. The highest BCUT2D eigenvalue weighted by Gasteiger charge is 2.29. The molecule has 1 aromatic heterocycles. The van der Waals surface area contributed by atoms with Crippen molar-refractivity contribution < 1.29 is 23.7 Å². The number of fused-ring (bicyclic) bond motifs is 1. The molecule has 3 rings (SSSR count). The molecule has 1 amide bonds. The summed E-state index contributed by atoms with van der Waals surface area (Å²) in [5, 5.41) is 0. The van der Waals surface area contributed by atoms with E-state index in [1.54, 1.807) is 37.3 Å². The minimum absolute atomic E-state index is 0.218. The van der Waals surface area contributed by atoms with Crippen LogP contribution in [0.2, 0.25) is 0 Å². The monoisotopic (exact) mass is 469 g/mol. The van der Waals surface area contributed by atoms with Gasteiger partial charge in [0.2, 0.25) is 0 Å². The molecule has 2 aromatic rings. The molecule has 0 N–H and O–H groups in total. The van der Waals surface area contributed by atoms with Crippen molar-refractivity contribution in [1.29, 1.82) is 0 Å². The van der Waals surface area contributed by atoms with Gasteiger partial charge in [0.1, 0.15) is 22.9 Å². The van der Waals surface area contributed by atoms with Gasteiger partial charge < -0.3 is 23.8 Å². The summed E-state index contributed by atoms with van der Waals surface area (Å²) in [5.41, 5.74) is 0.755. The summed E-state index contributed by atoms with van der Waals surface area (Å²) in [6.07, 6.45) is 3.91. The van der Waals surface area contributed by atoms with Crippen LogP contribution in [0, 0.1) is 0 Å². The SMILES string of the molecule is CCN(CC)CCN(C(=O)c1ccc2c(c1OC)C=CC(C)(C)O2)c1ccc(OC)c(OC)n1. The van der Waals surface area contributed by atoms with Gasteiger partial charge in [0.25, 0.3) is 11.8 Å². The smallest absolute Gasteiger partial charge is 0.263 e. The molecule has 0 spiro atoms. The number of benzene rings is 1. The first kappa shape index (κ1) is 25.4. The number of hydrogen-bond donors (Lipinski definition) is 0. The second-order valence-corrected chi connectivity index (χ2v) is 8.46. The van der Waals surface area contributed by atoms with E-state index in [0.29, 0.717) is 47.6 Å². The highest BCUT2D eigenvalue weighted by atomic mass is 16.5. The molecule has 0 bridgehead atoms. The van der Waals surface area contributed by atoms with Crippen molar-refractivity contribution >= 4 is 17.8 Å². The number of amides is 1. The second-order valence-electron chi connectivity index (χ2n) is 8.46. The third-order valence-corrected chi connectivity index (χ3v) is 5.89. The minimum Gasteiger partial charge on any atom is -0.495 e. The summed E-state index contributed by atoms with van der Waals surface area (Å²) in [6.45, 7) is 11.1. The summed E-state index contributed by atoms with van der Waals surface area (Å²) in [5.74, 6) is 2.23. The fourth-order valence-electron chi connectivity index (χ4n) is 3.93. The molecule has 34 heavy (non-hydrogen) atoms. The van der Waals surface area contributed by atoms with E-state index >= 15 is 0 Å². The molecule has 8 nitrogen and oxygen atoms in total. The maximum Gasteiger partial charge on any atom is 0.263 e. The number of anilines is 1. The molecule has 0 saturated carbocycles. The lowest BCUT2D eigenvalue weighted by atomic mass is 9.99. The summed E-state index contributed by atoms with van der Waals surface area (Å²) in [4.78, 5) is 22.4. The molecule has 1 aliphatic rings. The van der Waals surface area contributed by atoms with Crippen molar-refractivity contribution in [2.24, 2.45) is 0 Å². The van der Waals surface area contributed by atoms with E-state index in [0.717, 1.165) is 18.7 Å². The number of rotatable bonds is 10. The maximum atomic E-state index is 13.9. The topological polar surface area (TPSA) is 73.4 Å². The first-order valence-corrected chi connectivity index (χ1v) is 11.5. The predicted molar refractivity (Wildman–Crippen MR) is 134 cm³/mol. The fourth-order valence-corrected chi connectivity index (χ4v) is 3.93. The van der Waals surface area contributed by atoms with E-state index in [9.17, 15) is 4.79 Å². The average molecular weight is 470 g/mol. The van der Waals surface area contributed by atoms with E-state index in [4.69, 9.17) is 18.9 Å². The molecule has 8 heteroatoms. The molecule has 1 aromatic carbocycles. The van der Waals surface area contributed by atoms with Gasteiger partial charge in [-0.3, -0.25) is 9.69 Å². The quantitative estimate of drug-likeness (QED) is 0.514. The second kappa shape index (κ2) is 10.8.